The van der Waals surface area contributed by atoms with Gasteiger partial charge in [-0.2, -0.15) is 0 Å². The predicted octanol–water partition coefficient (Wildman–Crippen LogP) is 1.13. The van der Waals surface area contributed by atoms with E-state index in [1.54, 1.807) is 0 Å². The van der Waals surface area contributed by atoms with Crippen LogP contribution in [0.4, 0.5) is 0 Å². The van der Waals surface area contributed by atoms with Crippen molar-refractivity contribution in [2.45, 2.75) is 31.5 Å². The molecule has 0 radical (unpaired) electrons. The number of likely N-dealkylation sites (tertiary alicyclic amines) is 1. The van der Waals surface area contributed by atoms with Gasteiger partial charge in [0.25, 0.3) is 0 Å². The van der Waals surface area contributed by atoms with E-state index in [0.717, 1.165) is 0 Å². The molecule has 1 rings (SSSR count). The quantitative estimate of drug-likeness (QED) is 0.792. The molecule has 1 heterocycles. The van der Waals surface area contributed by atoms with Crippen LogP contribution in [0.5, 0.6) is 0 Å². The highest BCUT2D eigenvalue weighted by Gasteiger charge is 2.29. The van der Waals surface area contributed by atoms with Gasteiger partial charge in [0.1, 0.15) is 0 Å². The van der Waals surface area contributed by atoms with Crippen molar-refractivity contribution in [1.29, 1.82) is 0 Å². The number of carbonyl (C=O) groups is 2. The normalized spacial score (nSPS) is 19.9. The number of primary amides is 1. The van der Waals surface area contributed by atoms with Gasteiger partial charge in [0.2, 0.25) is 11.8 Å². The fourth-order valence-corrected chi connectivity index (χ4v) is 2.13. The van der Waals surface area contributed by atoms with Gasteiger partial charge in [-0.3, -0.25) is 9.59 Å². The zero-order valence-corrected chi connectivity index (χ0v) is 11.4. The zero-order chi connectivity index (χ0) is 12.3. The summed E-state index contributed by atoms with van der Waals surface area (Å²) in [5.74, 6) is 0.0995. The van der Waals surface area contributed by atoms with Crippen LogP contribution in [0, 0.1) is 11.8 Å². The molecule has 5 heteroatoms. The summed E-state index contributed by atoms with van der Waals surface area (Å²) >= 11 is 3.40. The van der Waals surface area contributed by atoms with Gasteiger partial charge in [-0.05, 0) is 18.8 Å². The van der Waals surface area contributed by atoms with Gasteiger partial charge in [-0.25, -0.2) is 0 Å². The predicted molar refractivity (Wildman–Crippen MR) is 66.1 cm³/mol. The standard InChI is InChI=1S/C11H19BrN2O2/c1-7(2)9(12)11(16)14-5-3-8(4-6-14)10(13)15/h7-9H,3-6H2,1-2H3,(H2,13,15)/t9-/m1/s1. The Labute approximate surface area is 105 Å². The smallest absolute Gasteiger partial charge is 0.236 e. The third-order valence-electron chi connectivity index (χ3n) is 3.03. The minimum Gasteiger partial charge on any atom is -0.369 e. The molecule has 92 valence electrons. The van der Waals surface area contributed by atoms with Crippen molar-refractivity contribution in [2.75, 3.05) is 13.1 Å². The van der Waals surface area contributed by atoms with Gasteiger partial charge in [0.15, 0.2) is 0 Å². The van der Waals surface area contributed by atoms with Crippen LogP contribution >= 0.6 is 15.9 Å². The molecule has 0 spiro atoms. The maximum absolute atomic E-state index is 12.0. The van der Waals surface area contributed by atoms with E-state index in [1.807, 2.05) is 18.7 Å². The molecule has 1 fully saturated rings. The van der Waals surface area contributed by atoms with Crippen molar-refractivity contribution in [2.24, 2.45) is 17.6 Å². The number of nitrogens with zero attached hydrogens (tertiary/aromatic N) is 1. The molecule has 0 aromatic carbocycles. The number of hydrogen-bond donors (Lipinski definition) is 1. The van der Waals surface area contributed by atoms with Crippen LogP contribution in [0.1, 0.15) is 26.7 Å². The summed E-state index contributed by atoms with van der Waals surface area (Å²) in [5.41, 5.74) is 5.25. The Hall–Kier alpha value is -0.580. The first-order valence-corrected chi connectivity index (χ1v) is 6.57. The molecule has 1 atom stereocenters. The average molecular weight is 291 g/mol. The lowest BCUT2D eigenvalue weighted by molar-refractivity contribution is -0.134. The minimum absolute atomic E-state index is 0.0584. The molecule has 0 bridgehead atoms. The second kappa shape index (κ2) is 5.66. The van der Waals surface area contributed by atoms with E-state index in [1.165, 1.54) is 0 Å². The van der Waals surface area contributed by atoms with Crippen molar-refractivity contribution >= 4 is 27.7 Å². The first kappa shape index (κ1) is 13.5. The van der Waals surface area contributed by atoms with Crippen LogP contribution in [0.2, 0.25) is 0 Å². The molecular weight excluding hydrogens is 272 g/mol. The van der Waals surface area contributed by atoms with E-state index >= 15 is 0 Å². The second-order valence-corrected chi connectivity index (χ2v) is 5.63. The lowest BCUT2D eigenvalue weighted by atomic mass is 9.95. The summed E-state index contributed by atoms with van der Waals surface area (Å²) in [6, 6.07) is 0. The number of nitrogens with two attached hydrogens (primary N) is 1. The Morgan fingerprint density at radius 3 is 2.19 bits per heavy atom. The number of amides is 2. The second-order valence-electron chi connectivity index (χ2n) is 4.65. The monoisotopic (exact) mass is 290 g/mol. The topological polar surface area (TPSA) is 63.4 Å². The van der Waals surface area contributed by atoms with Crippen molar-refractivity contribution in [1.82, 2.24) is 4.90 Å². The van der Waals surface area contributed by atoms with Crippen LogP contribution < -0.4 is 5.73 Å². The van der Waals surface area contributed by atoms with Gasteiger partial charge in [0.05, 0.1) is 4.83 Å². The highest BCUT2D eigenvalue weighted by atomic mass is 79.9. The fourth-order valence-electron chi connectivity index (χ4n) is 1.84. The summed E-state index contributed by atoms with van der Waals surface area (Å²) in [6.07, 6.45) is 1.39. The molecule has 4 nitrogen and oxygen atoms in total. The molecule has 0 aromatic rings. The SMILES string of the molecule is CC(C)[C@@H](Br)C(=O)N1CCC(C(N)=O)CC1. The third kappa shape index (κ3) is 3.20. The van der Waals surface area contributed by atoms with E-state index in [0.29, 0.717) is 25.9 Å². The molecule has 0 saturated carbocycles. The fraction of sp³-hybridized carbons (Fsp3) is 0.818. The van der Waals surface area contributed by atoms with E-state index < -0.39 is 0 Å². The Balaban J connectivity index is 2.47. The van der Waals surface area contributed by atoms with Crippen molar-refractivity contribution in [3.63, 3.8) is 0 Å². The molecule has 1 saturated heterocycles. The van der Waals surface area contributed by atoms with Gasteiger partial charge in [0, 0.05) is 19.0 Å². The lowest BCUT2D eigenvalue weighted by Gasteiger charge is -2.32. The summed E-state index contributed by atoms with van der Waals surface area (Å²) in [7, 11) is 0. The third-order valence-corrected chi connectivity index (χ3v) is 4.48. The summed E-state index contributed by atoms with van der Waals surface area (Å²) in [6.45, 7) is 5.30. The number of carbonyl (C=O) groups excluding carboxylic acids is 2. The Morgan fingerprint density at radius 1 is 1.31 bits per heavy atom. The first-order valence-electron chi connectivity index (χ1n) is 5.65. The van der Waals surface area contributed by atoms with Crippen molar-refractivity contribution < 1.29 is 9.59 Å². The highest BCUT2D eigenvalue weighted by molar-refractivity contribution is 9.10. The van der Waals surface area contributed by atoms with Crippen LogP contribution in [0.25, 0.3) is 0 Å². The first-order chi connectivity index (χ1) is 7.43. The molecular formula is C11H19BrN2O2. The molecule has 2 N–H and O–H groups in total. The maximum atomic E-state index is 12.0. The van der Waals surface area contributed by atoms with E-state index in [9.17, 15) is 9.59 Å². The summed E-state index contributed by atoms with van der Waals surface area (Å²) in [4.78, 5) is 24.7. The Kier molecular flexibility index (Phi) is 4.77. The van der Waals surface area contributed by atoms with Crippen LogP contribution in [0.15, 0.2) is 0 Å². The van der Waals surface area contributed by atoms with E-state index in [2.05, 4.69) is 15.9 Å². The highest BCUT2D eigenvalue weighted by Crippen LogP contribution is 2.21. The van der Waals surface area contributed by atoms with Gasteiger partial charge in [-0.1, -0.05) is 29.8 Å². The molecule has 2 amide bonds. The van der Waals surface area contributed by atoms with Gasteiger partial charge < -0.3 is 10.6 Å². The van der Waals surface area contributed by atoms with Crippen LogP contribution in [-0.4, -0.2) is 34.6 Å². The molecule has 1 aliphatic rings. The van der Waals surface area contributed by atoms with E-state index in [-0.39, 0.29) is 28.5 Å². The Bertz CT molecular complexity index is 273. The minimum atomic E-state index is -0.244. The number of rotatable bonds is 3. The summed E-state index contributed by atoms with van der Waals surface area (Å²) in [5, 5.41) is 0. The average Bonchev–Trinajstić information content (AvgIpc) is 2.27. The number of halogens is 1. The zero-order valence-electron chi connectivity index (χ0n) is 9.78. The van der Waals surface area contributed by atoms with Gasteiger partial charge in [-0.15, -0.1) is 0 Å². The van der Waals surface area contributed by atoms with Crippen LogP contribution in [0.3, 0.4) is 0 Å². The van der Waals surface area contributed by atoms with Crippen molar-refractivity contribution in [3.8, 4) is 0 Å². The number of hydrogen-bond acceptors (Lipinski definition) is 2. The lowest BCUT2D eigenvalue weighted by Crippen LogP contribution is -2.45. The van der Waals surface area contributed by atoms with E-state index in [4.69, 9.17) is 5.73 Å². The molecule has 0 aromatic heterocycles. The summed E-state index contributed by atoms with van der Waals surface area (Å²) < 4.78 is 0. The number of alkyl halides is 1. The van der Waals surface area contributed by atoms with Crippen LogP contribution in [-0.2, 0) is 9.59 Å². The largest absolute Gasteiger partial charge is 0.369 e. The molecule has 1 aliphatic heterocycles. The maximum Gasteiger partial charge on any atom is 0.236 e. The van der Waals surface area contributed by atoms with Gasteiger partial charge >= 0.3 is 0 Å². The Morgan fingerprint density at radius 2 is 1.81 bits per heavy atom. The van der Waals surface area contributed by atoms with Crippen molar-refractivity contribution in [3.05, 3.63) is 0 Å². The molecule has 0 unspecified atom stereocenters. The molecule has 16 heavy (non-hydrogen) atoms. The number of piperidine rings is 1. The molecule has 0 aliphatic carbocycles.